The highest BCUT2D eigenvalue weighted by Crippen LogP contribution is 2.14. The van der Waals surface area contributed by atoms with Gasteiger partial charge in [-0.15, -0.1) is 6.42 Å². The number of hydrogen-bond acceptors (Lipinski definition) is 4. The molecule has 2 aromatic rings. The Morgan fingerprint density at radius 3 is 2.42 bits per heavy atom. The zero-order valence-electron chi connectivity index (χ0n) is 17.5. The fourth-order valence-corrected chi connectivity index (χ4v) is 2.93. The first-order chi connectivity index (χ1) is 15.1. The van der Waals surface area contributed by atoms with E-state index in [1.165, 1.54) is 7.11 Å². The van der Waals surface area contributed by atoms with Crippen molar-refractivity contribution in [2.24, 2.45) is 0 Å². The quantitative estimate of drug-likeness (QED) is 0.543. The number of methoxy groups -OCH3 is 1. The lowest BCUT2D eigenvalue weighted by molar-refractivity contribution is -0.132. The summed E-state index contributed by atoms with van der Waals surface area (Å²) in [6.45, 7) is 0.850. The normalized spacial score (nSPS) is 10.9. The topological polar surface area (TPSA) is 56.8 Å². The molecule has 2 aromatic carbocycles. The number of ether oxygens (including phenoxy) is 3. The maximum Gasteiger partial charge on any atom is 0.249 e. The van der Waals surface area contributed by atoms with Crippen LogP contribution in [0, 0.1) is 24.4 Å². The minimum Gasteiger partial charge on any atom is -0.481 e. The molecule has 1 amide bonds. The molecule has 162 valence electrons. The van der Waals surface area contributed by atoms with Crippen LogP contribution in [0.25, 0.3) is 0 Å². The average Bonchev–Trinajstić information content (AvgIpc) is 2.79. The van der Waals surface area contributed by atoms with Crippen LogP contribution in [0.4, 0.5) is 0 Å². The predicted molar refractivity (Wildman–Crippen MR) is 122 cm³/mol. The summed E-state index contributed by atoms with van der Waals surface area (Å²) < 4.78 is 15.7. The van der Waals surface area contributed by atoms with E-state index in [9.17, 15) is 4.79 Å². The van der Waals surface area contributed by atoms with Crippen molar-refractivity contribution in [3.8, 4) is 30.1 Å². The molecule has 0 aliphatic carbocycles. The lowest BCUT2D eigenvalue weighted by Crippen LogP contribution is -2.38. The first-order valence-corrected chi connectivity index (χ1v) is 10.3. The summed E-state index contributed by atoms with van der Waals surface area (Å²) >= 11 is 5.92. The molecule has 31 heavy (non-hydrogen) atoms. The third-order valence-corrected chi connectivity index (χ3v) is 4.64. The van der Waals surface area contributed by atoms with Gasteiger partial charge in [0.15, 0.2) is 6.61 Å². The summed E-state index contributed by atoms with van der Waals surface area (Å²) in [4.78, 5) is 12.6. The van der Waals surface area contributed by atoms with E-state index in [0.29, 0.717) is 30.8 Å². The van der Waals surface area contributed by atoms with Gasteiger partial charge in [0.25, 0.3) is 0 Å². The van der Waals surface area contributed by atoms with Crippen molar-refractivity contribution in [2.45, 2.75) is 25.4 Å². The summed E-state index contributed by atoms with van der Waals surface area (Å²) in [7, 11) is 1.50. The summed E-state index contributed by atoms with van der Waals surface area (Å²) in [5.74, 6) is 5.70. The Kier molecular flexibility index (Phi) is 10.9. The molecule has 6 heteroatoms. The second-order valence-electron chi connectivity index (χ2n) is 6.63. The fourth-order valence-electron chi connectivity index (χ4n) is 2.80. The van der Waals surface area contributed by atoms with Crippen LogP contribution in [0.15, 0.2) is 48.5 Å². The first kappa shape index (κ1) is 24.2. The number of carbonyl (C=O) groups is 1. The second-order valence-corrected chi connectivity index (χ2v) is 7.06. The number of terminal acetylenes is 1. The van der Waals surface area contributed by atoms with Gasteiger partial charge in [-0.05, 0) is 60.6 Å². The highest BCUT2D eigenvalue weighted by atomic mass is 35.5. The van der Waals surface area contributed by atoms with Gasteiger partial charge in [0.2, 0.25) is 5.91 Å². The average molecular weight is 440 g/mol. The number of rotatable bonds is 11. The molecule has 0 spiro atoms. The summed E-state index contributed by atoms with van der Waals surface area (Å²) in [6, 6.07) is 15.2. The van der Waals surface area contributed by atoms with E-state index in [1.807, 2.05) is 48.5 Å². The van der Waals surface area contributed by atoms with Crippen molar-refractivity contribution < 1.29 is 19.0 Å². The van der Waals surface area contributed by atoms with Gasteiger partial charge in [0, 0.05) is 11.6 Å². The van der Waals surface area contributed by atoms with E-state index in [2.05, 4.69) is 28.0 Å². The van der Waals surface area contributed by atoms with Gasteiger partial charge in [-0.25, -0.2) is 0 Å². The number of benzene rings is 2. The molecule has 0 radical (unpaired) electrons. The van der Waals surface area contributed by atoms with E-state index in [4.69, 9.17) is 27.5 Å². The SMILES string of the molecule is C#CCOC(CCc1ccc(Cl)cc1)C(=O)NCCc1ccc(OCC#COC)cc1. The van der Waals surface area contributed by atoms with Crippen molar-refractivity contribution in [2.75, 3.05) is 26.9 Å². The largest absolute Gasteiger partial charge is 0.481 e. The van der Waals surface area contributed by atoms with Crippen LogP contribution in [-0.2, 0) is 27.1 Å². The van der Waals surface area contributed by atoms with Crippen molar-refractivity contribution in [3.63, 3.8) is 0 Å². The van der Waals surface area contributed by atoms with Crippen molar-refractivity contribution in [1.82, 2.24) is 5.32 Å². The minimum atomic E-state index is -0.601. The Hall–Kier alpha value is -3.12. The van der Waals surface area contributed by atoms with Gasteiger partial charge in [0.05, 0.1) is 7.11 Å². The molecule has 1 N–H and O–H groups in total. The van der Waals surface area contributed by atoms with Gasteiger partial charge in [0.1, 0.15) is 24.6 Å². The molecule has 0 aliphatic rings. The molecule has 0 aliphatic heterocycles. The van der Waals surface area contributed by atoms with Gasteiger partial charge in [-0.1, -0.05) is 41.8 Å². The molecule has 0 aromatic heterocycles. The maximum atomic E-state index is 12.6. The monoisotopic (exact) mass is 439 g/mol. The molecule has 0 fully saturated rings. The Balaban J connectivity index is 1.79. The molecule has 0 saturated heterocycles. The number of halogens is 1. The molecule has 1 unspecified atom stereocenters. The molecule has 5 nitrogen and oxygen atoms in total. The summed E-state index contributed by atoms with van der Waals surface area (Å²) in [6.07, 6.45) is 9.07. The third-order valence-electron chi connectivity index (χ3n) is 4.39. The maximum absolute atomic E-state index is 12.6. The number of nitrogens with one attached hydrogen (secondary N) is 1. The van der Waals surface area contributed by atoms with Crippen molar-refractivity contribution in [3.05, 3.63) is 64.7 Å². The van der Waals surface area contributed by atoms with Crippen LogP contribution < -0.4 is 10.1 Å². The molecule has 1 atom stereocenters. The van der Waals surface area contributed by atoms with Crippen LogP contribution in [0.3, 0.4) is 0 Å². The zero-order chi connectivity index (χ0) is 22.3. The third kappa shape index (κ3) is 9.49. The van der Waals surface area contributed by atoms with Gasteiger partial charge < -0.3 is 19.5 Å². The molecular weight excluding hydrogens is 414 g/mol. The first-order valence-electron chi connectivity index (χ1n) is 9.92. The highest BCUT2D eigenvalue weighted by Gasteiger charge is 2.18. The van der Waals surface area contributed by atoms with Crippen LogP contribution in [0.5, 0.6) is 5.75 Å². The van der Waals surface area contributed by atoms with Crippen molar-refractivity contribution in [1.29, 1.82) is 0 Å². The number of amides is 1. The number of aryl methyl sites for hydroxylation is 1. The summed E-state index contributed by atoms with van der Waals surface area (Å²) in [5, 5.41) is 3.61. The molecule has 0 heterocycles. The van der Waals surface area contributed by atoms with Gasteiger partial charge in [-0.3, -0.25) is 4.79 Å². The van der Waals surface area contributed by atoms with E-state index >= 15 is 0 Å². The predicted octanol–water partition coefficient (Wildman–Crippen LogP) is 3.64. The lowest BCUT2D eigenvalue weighted by atomic mass is 10.1. The Bertz CT molecular complexity index is 908. The van der Waals surface area contributed by atoms with E-state index < -0.39 is 6.10 Å². The number of carbonyl (C=O) groups excluding carboxylic acids is 1. The van der Waals surface area contributed by atoms with Crippen LogP contribution >= 0.6 is 11.6 Å². The highest BCUT2D eigenvalue weighted by molar-refractivity contribution is 6.30. The molecule has 0 saturated carbocycles. The fraction of sp³-hybridized carbons (Fsp3) is 0.320. The molecule has 2 rings (SSSR count). The minimum absolute atomic E-state index is 0.0922. The van der Waals surface area contributed by atoms with E-state index in [-0.39, 0.29) is 19.1 Å². The van der Waals surface area contributed by atoms with Crippen LogP contribution in [0.1, 0.15) is 17.5 Å². The lowest BCUT2D eigenvalue weighted by Gasteiger charge is -2.16. The number of hydrogen-bond donors (Lipinski definition) is 1. The Morgan fingerprint density at radius 2 is 1.74 bits per heavy atom. The smallest absolute Gasteiger partial charge is 0.249 e. The Labute approximate surface area is 189 Å². The van der Waals surface area contributed by atoms with Crippen LogP contribution in [0.2, 0.25) is 5.02 Å². The second kappa shape index (κ2) is 14.0. The zero-order valence-corrected chi connectivity index (χ0v) is 18.3. The summed E-state index contributed by atoms with van der Waals surface area (Å²) in [5.41, 5.74) is 2.17. The standard InChI is InChI=1S/C25H26ClNO4/c1-3-17-31-24(14-9-20-5-10-22(26)11-6-20)25(28)27-16-15-21-7-12-23(13-8-21)30-19-4-18-29-2/h1,5-8,10-13,24H,9,14-17,19H2,2H3,(H,27,28). The van der Waals surface area contributed by atoms with Crippen molar-refractivity contribution >= 4 is 17.5 Å². The van der Waals surface area contributed by atoms with E-state index in [0.717, 1.165) is 16.9 Å². The Morgan fingerprint density at radius 1 is 1.06 bits per heavy atom. The van der Waals surface area contributed by atoms with Gasteiger partial charge >= 0.3 is 0 Å². The van der Waals surface area contributed by atoms with E-state index in [1.54, 1.807) is 0 Å². The van der Waals surface area contributed by atoms with Gasteiger partial charge in [-0.2, -0.15) is 0 Å². The molecular formula is C25H26ClNO4. The van der Waals surface area contributed by atoms with Crippen LogP contribution in [-0.4, -0.2) is 38.9 Å². The molecule has 0 bridgehead atoms.